The number of nitrogens with one attached hydrogen (secondary N) is 1. The van der Waals surface area contributed by atoms with Crippen LogP contribution in [0.1, 0.15) is 35.9 Å². The number of carboxylic acid groups (broad SMARTS) is 1. The molecule has 1 aromatic carbocycles. The maximum absolute atomic E-state index is 12.9. The lowest BCUT2D eigenvalue weighted by Gasteiger charge is -2.13. The molecule has 0 saturated carbocycles. The molecule has 0 bridgehead atoms. The summed E-state index contributed by atoms with van der Waals surface area (Å²) < 4.78 is 34.8. The number of fused-ring (bicyclic) bond motifs is 1. The molecule has 2 N–H and O–H groups in total. The van der Waals surface area contributed by atoms with E-state index in [9.17, 15) is 18.3 Å². The Morgan fingerprint density at radius 2 is 2.00 bits per heavy atom. The average molecular weight is 425 g/mol. The second-order valence-electron chi connectivity index (χ2n) is 6.25. The molecule has 0 spiro atoms. The summed E-state index contributed by atoms with van der Waals surface area (Å²) in [5, 5.41) is 17.7. The van der Waals surface area contributed by atoms with E-state index in [0.29, 0.717) is 5.82 Å². The first-order chi connectivity index (χ1) is 13.1. The normalized spacial score (nSPS) is 11.8. The van der Waals surface area contributed by atoms with Crippen molar-refractivity contribution in [2.45, 2.75) is 24.7 Å². The molecular formula is C17H17ClN4O5S. The molecule has 3 rings (SSSR count). The molecule has 9 nitrogen and oxygen atoms in total. The molecule has 3 aromatic rings. The second kappa shape index (κ2) is 7.28. The van der Waals surface area contributed by atoms with Crippen LogP contribution in [0.2, 0.25) is 5.02 Å². The first-order valence-electron chi connectivity index (χ1n) is 8.12. The number of ether oxygens (including phenoxy) is 1. The van der Waals surface area contributed by atoms with Crippen LogP contribution in [-0.4, -0.2) is 41.2 Å². The van der Waals surface area contributed by atoms with Crippen molar-refractivity contribution in [3.05, 3.63) is 46.9 Å². The standard InChI is InChI=1S/C17H17ClN4O5S/c1-9(2)15-19-20-16-12(6-10(17(23)24)8-22(15)16)21-28(25,26)14-7-11(18)4-5-13(14)27-3/h4-9,21H,1-3H3,(H,23,24). The lowest BCUT2D eigenvalue weighted by Crippen LogP contribution is -2.16. The van der Waals surface area contributed by atoms with E-state index >= 15 is 0 Å². The fraction of sp³-hybridized carbons (Fsp3) is 0.235. The molecule has 2 aromatic heterocycles. The SMILES string of the molecule is COc1ccc(Cl)cc1S(=O)(=O)Nc1cc(C(=O)O)cn2c(C(C)C)nnc12. The van der Waals surface area contributed by atoms with E-state index < -0.39 is 16.0 Å². The lowest BCUT2D eigenvalue weighted by atomic mass is 10.2. The predicted molar refractivity (Wildman–Crippen MR) is 103 cm³/mol. The van der Waals surface area contributed by atoms with Gasteiger partial charge < -0.3 is 9.84 Å². The maximum Gasteiger partial charge on any atom is 0.337 e. The molecule has 28 heavy (non-hydrogen) atoms. The summed E-state index contributed by atoms with van der Waals surface area (Å²) >= 11 is 5.93. The van der Waals surface area contributed by atoms with Gasteiger partial charge in [-0.3, -0.25) is 9.12 Å². The summed E-state index contributed by atoms with van der Waals surface area (Å²) in [6.07, 6.45) is 1.35. The number of hydrogen-bond donors (Lipinski definition) is 2. The third-order valence-corrected chi connectivity index (χ3v) is 5.58. The third-order valence-electron chi connectivity index (χ3n) is 3.95. The molecule has 0 radical (unpaired) electrons. The van der Waals surface area contributed by atoms with E-state index in [2.05, 4.69) is 14.9 Å². The van der Waals surface area contributed by atoms with Gasteiger partial charge in [0.2, 0.25) is 0 Å². The fourth-order valence-electron chi connectivity index (χ4n) is 2.66. The number of sulfonamides is 1. The van der Waals surface area contributed by atoms with Gasteiger partial charge in [-0.25, -0.2) is 13.2 Å². The van der Waals surface area contributed by atoms with Gasteiger partial charge in [-0.1, -0.05) is 25.4 Å². The van der Waals surface area contributed by atoms with Gasteiger partial charge in [-0.2, -0.15) is 0 Å². The van der Waals surface area contributed by atoms with Gasteiger partial charge in [0.1, 0.15) is 16.5 Å². The molecule has 0 saturated heterocycles. The van der Waals surface area contributed by atoms with Crippen LogP contribution in [0.3, 0.4) is 0 Å². The van der Waals surface area contributed by atoms with Crippen LogP contribution in [0.15, 0.2) is 35.4 Å². The summed E-state index contributed by atoms with van der Waals surface area (Å²) in [6.45, 7) is 3.73. The Morgan fingerprint density at radius 1 is 1.29 bits per heavy atom. The number of anilines is 1. The highest BCUT2D eigenvalue weighted by molar-refractivity contribution is 7.92. The topological polar surface area (TPSA) is 123 Å². The zero-order valence-electron chi connectivity index (χ0n) is 15.2. The third kappa shape index (κ3) is 3.60. The Hall–Kier alpha value is -2.85. The average Bonchev–Trinajstić information content (AvgIpc) is 3.06. The number of carbonyl (C=O) groups is 1. The van der Waals surface area contributed by atoms with Crippen LogP contribution in [0.5, 0.6) is 5.75 Å². The fourth-order valence-corrected chi connectivity index (χ4v) is 4.14. The number of nitrogens with zero attached hydrogens (tertiary/aromatic N) is 3. The number of aromatic carboxylic acids is 1. The van der Waals surface area contributed by atoms with E-state index in [-0.39, 0.29) is 38.5 Å². The Balaban J connectivity index is 2.19. The second-order valence-corrected chi connectivity index (χ2v) is 8.34. The molecule has 11 heteroatoms. The Kier molecular flexibility index (Phi) is 5.18. The van der Waals surface area contributed by atoms with E-state index in [0.717, 1.165) is 0 Å². The van der Waals surface area contributed by atoms with Gasteiger partial charge >= 0.3 is 5.97 Å². The van der Waals surface area contributed by atoms with E-state index in [1.54, 1.807) is 0 Å². The molecule has 148 valence electrons. The molecule has 2 heterocycles. The minimum Gasteiger partial charge on any atom is -0.495 e. The monoisotopic (exact) mass is 424 g/mol. The number of aromatic nitrogens is 3. The number of benzene rings is 1. The van der Waals surface area contributed by atoms with Crippen molar-refractivity contribution in [1.29, 1.82) is 0 Å². The number of rotatable bonds is 6. The summed E-state index contributed by atoms with van der Waals surface area (Å²) in [4.78, 5) is 11.3. The zero-order valence-corrected chi connectivity index (χ0v) is 16.7. The molecule has 0 atom stereocenters. The molecule has 0 fully saturated rings. The minimum absolute atomic E-state index is 0.0265. The Bertz CT molecular complexity index is 1170. The van der Waals surface area contributed by atoms with Gasteiger partial charge in [0.15, 0.2) is 5.65 Å². The first kappa shape index (κ1) is 19.9. The van der Waals surface area contributed by atoms with Crippen molar-refractivity contribution < 1.29 is 23.1 Å². The van der Waals surface area contributed by atoms with Crippen molar-refractivity contribution in [3.8, 4) is 5.75 Å². The number of carboxylic acids is 1. The van der Waals surface area contributed by atoms with E-state index in [4.69, 9.17) is 16.3 Å². The van der Waals surface area contributed by atoms with Crippen molar-refractivity contribution in [3.63, 3.8) is 0 Å². The van der Waals surface area contributed by atoms with Crippen LogP contribution < -0.4 is 9.46 Å². The van der Waals surface area contributed by atoms with E-state index in [1.807, 2.05) is 13.8 Å². The number of halogens is 1. The van der Waals surface area contributed by atoms with Crippen molar-refractivity contribution >= 4 is 38.9 Å². The molecule has 0 aliphatic carbocycles. The summed E-state index contributed by atoms with van der Waals surface area (Å²) in [5.41, 5.74) is 0.0320. The van der Waals surface area contributed by atoms with Gasteiger partial charge in [-0.05, 0) is 24.3 Å². The summed E-state index contributed by atoms with van der Waals surface area (Å²) in [5.74, 6) is -0.687. The largest absolute Gasteiger partial charge is 0.495 e. The van der Waals surface area contributed by atoms with Crippen LogP contribution in [-0.2, 0) is 10.0 Å². The number of methoxy groups -OCH3 is 1. The van der Waals surface area contributed by atoms with Gasteiger partial charge in [0, 0.05) is 17.1 Å². The summed E-state index contributed by atoms with van der Waals surface area (Å²) in [6, 6.07) is 5.35. The number of hydrogen-bond acceptors (Lipinski definition) is 6. The van der Waals surface area contributed by atoms with Crippen LogP contribution in [0, 0.1) is 0 Å². The highest BCUT2D eigenvalue weighted by Gasteiger charge is 2.24. The molecule has 0 amide bonds. The Labute approximate surface area is 166 Å². The first-order valence-corrected chi connectivity index (χ1v) is 9.98. The Morgan fingerprint density at radius 3 is 2.61 bits per heavy atom. The van der Waals surface area contributed by atoms with Gasteiger partial charge in [-0.15, -0.1) is 10.2 Å². The molecule has 0 aliphatic heterocycles. The van der Waals surface area contributed by atoms with Crippen LogP contribution in [0.25, 0.3) is 5.65 Å². The van der Waals surface area contributed by atoms with Crippen molar-refractivity contribution in [1.82, 2.24) is 14.6 Å². The van der Waals surface area contributed by atoms with Crippen molar-refractivity contribution in [2.24, 2.45) is 0 Å². The maximum atomic E-state index is 12.9. The highest BCUT2D eigenvalue weighted by atomic mass is 35.5. The number of pyridine rings is 1. The zero-order chi connectivity index (χ0) is 20.6. The van der Waals surface area contributed by atoms with Crippen molar-refractivity contribution in [2.75, 3.05) is 11.8 Å². The van der Waals surface area contributed by atoms with Crippen LogP contribution >= 0.6 is 11.6 Å². The highest BCUT2D eigenvalue weighted by Crippen LogP contribution is 2.30. The molecule has 0 unspecified atom stereocenters. The smallest absolute Gasteiger partial charge is 0.337 e. The molecular weight excluding hydrogens is 408 g/mol. The lowest BCUT2D eigenvalue weighted by molar-refractivity contribution is 0.0696. The van der Waals surface area contributed by atoms with E-state index in [1.165, 1.54) is 42.0 Å². The van der Waals surface area contributed by atoms with Gasteiger partial charge in [0.05, 0.1) is 18.4 Å². The van der Waals surface area contributed by atoms with Gasteiger partial charge in [0.25, 0.3) is 10.0 Å². The summed E-state index contributed by atoms with van der Waals surface area (Å²) in [7, 11) is -2.82. The van der Waals surface area contributed by atoms with Crippen LogP contribution in [0.4, 0.5) is 5.69 Å². The molecule has 0 aliphatic rings. The quantitative estimate of drug-likeness (QED) is 0.623. The minimum atomic E-state index is -4.16. The predicted octanol–water partition coefficient (Wildman–Crippen LogP) is 3.01.